The van der Waals surface area contributed by atoms with Crippen LogP contribution in [0.15, 0.2) is 24.3 Å². The second-order valence-corrected chi connectivity index (χ2v) is 8.08. The highest BCUT2D eigenvalue weighted by molar-refractivity contribution is 6.06. The molecule has 152 valence electrons. The van der Waals surface area contributed by atoms with Gasteiger partial charge in [-0.05, 0) is 24.1 Å². The van der Waals surface area contributed by atoms with Crippen LogP contribution in [0.25, 0.3) is 0 Å². The van der Waals surface area contributed by atoms with Crippen LogP contribution >= 0.6 is 0 Å². The molecule has 0 saturated carbocycles. The van der Waals surface area contributed by atoms with Crippen molar-refractivity contribution in [3.05, 3.63) is 41.0 Å². The number of hydrogen-bond donors (Lipinski definition) is 0. The SMILES string of the molecule is COc1cc2c(cc1OC)[C@@H]1C(=O)c3ccc4c(c3O[C@H]1CO2)CC(C(C)C)O4. The van der Waals surface area contributed by atoms with Gasteiger partial charge in [0, 0.05) is 23.6 Å². The van der Waals surface area contributed by atoms with Crippen molar-refractivity contribution in [2.24, 2.45) is 5.92 Å². The number of Topliss-reactive ketones (excluding diaryl/α,β-unsaturated/α-hetero) is 1. The summed E-state index contributed by atoms with van der Waals surface area (Å²) in [6.45, 7) is 4.58. The van der Waals surface area contributed by atoms with E-state index in [0.717, 1.165) is 23.3 Å². The first-order chi connectivity index (χ1) is 14.0. The zero-order valence-corrected chi connectivity index (χ0v) is 17.0. The summed E-state index contributed by atoms with van der Waals surface area (Å²) in [4.78, 5) is 13.5. The van der Waals surface area contributed by atoms with Gasteiger partial charge in [-0.15, -0.1) is 0 Å². The van der Waals surface area contributed by atoms with Crippen molar-refractivity contribution in [1.29, 1.82) is 0 Å². The summed E-state index contributed by atoms with van der Waals surface area (Å²) in [5.74, 6) is 3.24. The zero-order chi connectivity index (χ0) is 20.3. The summed E-state index contributed by atoms with van der Waals surface area (Å²) >= 11 is 0. The van der Waals surface area contributed by atoms with E-state index in [1.165, 1.54) is 0 Å². The topological polar surface area (TPSA) is 63.2 Å². The van der Waals surface area contributed by atoms with Crippen molar-refractivity contribution in [3.8, 4) is 28.7 Å². The summed E-state index contributed by atoms with van der Waals surface area (Å²) in [5, 5.41) is 0. The molecule has 29 heavy (non-hydrogen) atoms. The molecule has 0 amide bonds. The molecule has 0 fully saturated rings. The van der Waals surface area contributed by atoms with Gasteiger partial charge in [-0.1, -0.05) is 13.8 Å². The number of fused-ring (bicyclic) bond motifs is 6. The Morgan fingerprint density at radius 1 is 1.03 bits per heavy atom. The molecule has 3 aliphatic heterocycles. The molecule has 3 atom stereocenters. The van der Waals surface area contributed by atoms with E-state index >= 15 is 0 Å². The maximum Gasteiger partial charge on any atom is 0.178 e. The van der Waals surface area contributed by atoms with Gasteiger partial charge in [0.15, 0.2) is 17.3 Å². The predicted molar refractivity (Wildman–Crippen MR) is 106 cm³/mol. The molecule has 0 aromatic heterocycles. The molecule has 3 aliphatic rings. The summed E-state index contributed by atoms with van der Waals surface area (Å²) in [5.41, 5.74) is 2.37. The Morgan fingerprint density at radius 2 is 1.79 bits per heavy atom. The predicted octanol–water partition coefficient (Wildman–Crippen LogP) is 3.78. The van der Waals surface area contributed by atoms with Crippen molar-refractivity contribution >= 4 is 5.78 Å². The van der Waals surface area contributed by atoms with Gasteiger partial charge in [-0.25, -0.2) is 0 Å². The van der Waals surface area contributed by atoms with Gasteiger partial charge in [0.05, 0.1) is 25.7 Å². The van der Waals surface area contributed by atoms with Crippen LogP contribution in [0.3, 0.4) is 0 Å². The molecular weight excluding hydrogens is 372 g/mol. The van der Waals surface area contributed by atoms with E-state index < -0.39 is 5.92 Å². The second-order valence-electron chi connectivity index (χ2n) is 8.08. The average molecular weight is 396 g/mol. The fourth-order valence-electron chi connectivity index (χ4n) is 4.46. The van der Waals surface area contributed by atoms with Gasteiger partial charge >= 0.3 is 0 Å². The van der Waals surface area contributed by atoms with E-state index in [1.54, 1.807) is 20.3 Å². The number of hydrogen-bond acceptors (Lipinski definition) is 6. The molecule has 0 spiro atoms. The fourth-order valence-corrected chi connectivity index (χ4v) is 4.46. The van der Waals surface area contributed by atoms with Crippen LogP contribution in [0.1, 0.15) is 41.3 Å². The molecule has 3 heterocycles. The minimum absolute atomic E-state index is 0.0452. The molecule has 1 unspecified atom stereocenters. The quantitative estimate of drug-likeness (QED) is 0.787. The lowest BCUT2D eigenvalue weighted by Crippen LogP contribution is -2.43. The number of carbonyl (C=O) groups is 1. The lowest BCUT2D eigenvalue weighted by atomic mass is 9.81. The van der Waals surface area contributed by atoms with Gasteiger partial charge in [0.2, 0.25) is 0 Å². The largest absolute Gasteiger partial charge is 0.493 e. The molecule has 6 heteroatoms. The van der Waals surface area contributed by atoms with E-state index in [2.05, 4.69) is 13.8 Å². The summed E-state index contributed by atoms with van der Waals surface area (Å²) in [6.07, 6.45) is 0.474. The van der Waals surface area contributed by atoms with Gasteiger partial charge in [0.1, 0.15) is 36.1 Å². The zero-order valence-electron chi connectivity index (χ0n) is 17.0. The lowest BCUT2D eigenvalue weighted by molar-refractivity contribution is 0.0554. The summed E-state index contributed by atoms with van der Waals surface area (Å²) in [6, 6.07) is 7.32. The molecular formula is C23H24O6. The molecule has 0 saturated heterocycles. The molecule has 0 aliphatic carbocycles. The van der Waals surface area contributed by atoms with Crippen molar-refractivity contribution in [2.75, 3.05) is 20.8 Å². The molecule has 0 radical (unpaired) electrons. The van der Waals surface area contributed by atoms with Crippen LogP contribution in [0.2, 0.25) is 0 Å². The average Bonchev–Trinajstić information content (AvgIpc) is 3.17. The number of ketones is 1. The number of ether oxygens (including phenoxy) is 5. The van der Waals surface area contributed by atoms with Gasteiger partial charge < -0.3 is 23.7 Å². The van der Waals surface area contributed by atoms with E-state index in [-0.39, 0.29) is 18.0 Å². The standard InChI is InChI=1S/C23H24O6/c1-11(2)16-8-14-15(28-16)6-5-12-22(24)21-13-7-18(25-3)19(26-4)9-17(13)27-10-20(21)29-23(12)14/h5-7,9,11,16,20-21H,8,10H2,1-4H3/t16?,20-,21-/m0/s1. The van der Waals surface area contributed by atoms with E-state index in [0.29, 0.717) is 41.1 Å². The number of benzene rings is 2. The van der Waals surface area contributed by atoms with Crippen LogP contribution in [0.4, 0.5) is 0 Å². The Labute approximate surface area is 169 Å². The second kappa shape index (κ2) is 6.58. The highest BCUT2D eigenvalue weighted by Gasteiger charge is 2.45. The van der Waals surface area contributed by atoms with Crippen LogP contribution in [-0.4, -0.2) is 38.8 Å². The monoisotopic (exact) mass is 396 g/mol. The normalized spacial score (nSPS) is 23.8. The highest BCUT2D eigenvalue weighted by Crippen LogP contribution is 2.49. The summed E-state index contributed by atoms with van der Waals surface area (Å²) in [7, 11) is 3.16. The van der Waals surface area contributed by atoms with Gasteiger partial charge in [0.25, 0.3) is 0 Å². The first kappa shape index (κ1) is 18.2. The van der Waals surface area contributed by atoms with Crippen molar-refractivity contribution < 1.29 is 28.5 Å². The maximum absolute atomic E-state index is 13.5. The molecule has 6 nitrogen and oxygen atoms in total. The van der Waals surface area contributed by atoms with E-state index in [9.17, 15) is 4.79 Å². The highest BCUT2D eigenvalue weighted by atomic mass is 16.5. The number of carbonyl (C=O) groups excluding carboxylic acids is 1. The van der Waals surface area contributed by atoms with Crippen LogP contribution in [-0.2, 0) is 6.42 Å². The number of rotatable bonds is 3. The van der Waals surface area contributed by atoms with Crippen LogP contribution < -0.4 is 23.7 Å². The maximum atomic E-state index is 13.5. The molecule has 5 rings (SSSR count). The van der Waals surface area contributed by atoms with E-state index in [4.69, 9.17) is 23.7 Å². The molecule has 2 aromatic carbocycles. The third kappa shape index (κ3) is 2.65. The first-order valence-electron chi connectivity index (χ1n) is 9.94. The van der Waals surface area contributed by atoms with Crippen LogP contribution in [0, 0.1) is 5.92 Å². The Bertz CT molecular complexity index is 995. The summed E-state index contributed by atoms with van der Waals surface area (Å²) < 4.78 is 29.2. The third-order valence-electron chi connectivity index (χ3n) is 6.09. The fraction of sp³-hybridized carbons (Fsp3) is 0.435. The van der Waals surface area contributed by atoms with E-state index in [1.807, 2.05) is 18.2 Å². The van der Waals surface area contributed by atoms with Gasteiger partial charge in [-0.2, -0.15) is 0 Å². The Kier molecular flexibility index (Phi) is 4.12. The molecule has 0 N–H and O–H groups in total. The Hall–Kier alpha value is -2.89. The first-order valence-corrected chi connectivity index (χ1v) is 9.94. The molecule has 0 bridgehead atoms. The van der Waals surface area contributed by atoms with Crippen molar-refractivity contribution in [1.82, 2.24) is 0 Å². The van der Waals surface area contributed by atoms with Crippen molar-refractivity contribution in [3.63, 3.8) is 0 Å². The van der Waals surface area contributed by atoms with Gasteiger partial charge in [-0.3, -0.25) is 4.79 Å². The number of methoxy groups -OCH3 is 2. The Morgan fingerprint density at radius 3 is 2.52 bits per heavy atom. The lowest BCUT2D eigenvalue weighted by Gasteiger charge is -2.37. The minimum atomic E-state index is -0.438. The van der Waals surface area contributed by atoms with Crippen molar-refractivity contribution in [2.45, 2.75) is 38.4 Å². The Balaban J connectivity index is 1.57. The minimum Gasteiger partial charge on any atom is -0.493 e. The molecule has 2 aromatic rings. The smallest absolute Gasteiger partial charge is 0.178 e. The third-order valence-corrected chi connectivity index (χ3v) is 6.09. The van der Waals surface area contributed by atoms with Crippen LogP contribution in [0.5, 0.6) is 28.7 Å².